The van der Waals surface area contributed by atoms with Gasteiger partial charge in [0.05, 0.1) is 25.2 Å². The molecule has 3 N–H and O–H groups in total. The second-order valence-electron chi connectivity index (χ2n) is 11.3. The molecule has 2 fully saturated rings. The second-order valence-corrected chi connectivity index (χ2v) is 11.3. The van der Waals surface area contributed by atoms with Crippen LogP contribution in [0.3, 0.4) is 0 Å². The third-order valence-corrected chi connectivity index (χ3v) is 8.02. The number of nitrogens with zero attached hydrogens (tertiary/aromatic N) is 5. The van der Waals surface area contributed by atoms with Crippen LogP contribution in [0.4, 0.5) is 11.5 Å². The number of ether oxygens (including phenoxy) is 2. The van der Waals surface area contributed by atoms with Gasteiger partial charge in [-0.15, -0.1) is 0 Å². The molecule has 1 atom stereocenters. The molecule has 2 aliphatic rings. The predicted octanol–water partition coefficient (Wildman–Crippen LogP) is 3.39. The summed E-state index contributed by atoms with van der Waals surface area (Å²) < 4.78 is 10.5. The van der Waals surface area contributed by atoms with Gasteiger partial charge in [0.2, 0.25) is 5.91 Å². The Balaban J connectivity index is 1.06. The van der Waals surface area contributed by atoms with Crippen LogP contribution in [-0.4, -0.2) is 95.8 Å². The fraction of sp³-hybridized carbons (Fsp3) is 0.364. The summed E-state index contributed by atoms with van der Waals surface area (Å²) in [7, 11) is 1.59. The lowest BCUT2D eigenvalue weighted by Gasteiger charge is -2.33. The highest BCUT2D eigenvalue weighted by atomic mass is 16.5. The fourth-order valence-electron chi connectivity index (χ4n) is 5.81. The Morgan fingerprint density at radius 2 is 1.93 bits per heavy atom. The summed E-state index contributed by atoms with van der Waals surface area (Å²) in [6, 6.07) is 13.6. The number of anilines is 2. The van der Waals surface area contributed by atoms with E-state index >= 15 is 0 Å². The SMILES string of the molecule is COC/C=C/C(=O)N[C@@H]1CCCN(Cc2ccnc(C(=O)Nc3ccc(-c4cc5c(N6CCOCC6)ncnc5[nH]4)cc3)c2)C1. The van der Waals surface area contributed by atoms with E-state index in [1.165, 1.54) is 6.08 Å². The lowest BCUT2D eigenvalue weighted by atomic mass is 10.0. The molecule has 2 aliphatic heterocycles. The Kier molecular flexibility index (Phi) is 9.74. The zero-order valence-corrected chi connectivity index (χ0v) is 25.4. The van der Waals surface area contributed by atoms with Crippen LogP contribution in [0.2, 0.25) is 0 Å². The topological polar surface area (TPSA) is 138 Å². The number of nitrogens with one attached hydrogen (secondary N) is 3. The van der Waals surface area contributed by atoms with Gasteiger partial charge in [0.25, 0.3) is 5.91 Å². The normalized spacial score (nSPS) is 17.5. The van der Waals surface area contributed by atoms with Crippen LogP contribution >= 0.6 is 0 Å². The number of rotatable bonds is 10. The molecule has 5 heterocycles. The molecule has 0 radical (unpaired) electrons. The zero-order chi connectivity index (χ0) is 31.0. The van der Waals surface area contributed by atoms with Gasteiger partial charge in [-0.25, -0.2) is 9.97 Å². The van der Waals surface area contributed by atoms with Gasteiger partial charge >= 0.3 is 0 Å². The molecule has 6 rings (SSSR count). The van der Waals surface area contributed by atoms with Crippen molar-refractivity contribution in [2.24, 2.45) is 0 Å². The molecule has 2 amide bonds. The highest BCUT2D eigenvalue weighted by Gasteiger charge is 2.22. The van der Waals surface area contributed by atoms with Crippen LogP contribution in [0, 0.1) is 0 Å². The lowest BCUT2D eigenvalue weighted by Crippen LogP contribution is -2.47. The Morgan fingerprint density at radius 1 is 1.09 bits per heavy atom. The molecule has 12 heteroatoms. The van der Waals surface area contributed by atoms with Crippen LogP contribution in [0.1, 0.15) is 28.9 Å². The largest absolute Gasteiger partial charge is 0.381 e. The number of morpholine rings is 1. The van der Waals surface area contributed by atoms with Crippen LogP contribution in [0.5, 0.6) is 0 Å². The molecule has 0 saturated carbocycles. The number of pyridine rings is 1. The minimum atomic E-state index is -0.271. The van der Waals surface area contributed by atoms with Crippen molar-refractivity contribution in [3.8, 4) is 11.3 Å². The number of benzene rings is 1. The molecular weight excluding hydrogens is 572 g/mol. The maximum atomic E-state index is 13.1. The Morgan fingerprint density at radius 3 is 2.76 bits per heavy atom. The summed E-state index contributed by atoms with van der Waals surface area (Å²) in [6.07, 6.45) is 8.40. The number of aromatic amines is 1. The number of carbonyl (C=O) groups is 2. The number of carbonyl (C=O) groups excluding carboxylic acids is 2. The standard InChI is InChI=1S/C33H38N8O4/c1-44-15-3-5-30(42)37-26-4-2-12-40(21-26)20-23-10-11-34-29(18-23)33(43)38-25-8-6-24(7-9-25)28-19-27-31(39-28)35-22-36-32(27)41-13-16-45-17-14-41/h3,5-11,18-19,22,26H,2,4,12-17,20-21H2,1H3,(H,37,42)(H,38,43)(H,35,36,39)/b5-3+/t26-/m1/s1. The first-order valence-corrected chi connectivity index (χ1v) is 15.3. The van der Waals surface area contributed by atoms with Crippen molar-refractivity contribution in [2.45, 2.75) is 25.4 Å². The minimum Gasteiger partial charge on any atom is -0.381 e. The third kappa shape index (κ3) is 7.72. The molecule has 234 valence electrons. The van der Waals surface area contributed by atoms with Crippen LogP contribution in [0.25, 0.3) is 22.3 Å². The predicted molar refractivity (Wildman–Crippen MR) is 172 cm³/mol. The van der Waals surface area contributed by atoms with Gasteiger partial charge in [-0.2, -0.15) is 0 Å². The van der Waals surface area contributed by atoms with Crippen LogP contribution < -0.4 is 15.5 Å². The van der Waals surface area contributed by atoms with E-state index in [1.807, 2.05) is 36.4 Å². The van der Waals surface area contributed by atoms with Crippen LogP contribution in [0.15, 0.2) is 67.1 Å². The Hall–Kier alpha value is -4.65. The molecular formula is C33H38N8O4. The molecule has 0 aliphatic carbocycles. The smallest absolute Gasteiger partial charge is 0.274 e. The van der Waals surface area contributed by atoms with Crippen molar-refractivity contribution in [2.75, 3.05) is 63.3 Å². The van der Waals surface area contributed by atoms with Crippen molar-refractivity contribution in [3.05, 3.63) is 78.4 Å². The number of hydrogen-bond donors (Lipinski definition) is 3. The lowest BCUT2D eigenvalue weighted by molar-refractivity contribution is -0.117. The van der Waals surface area contributed by atoms with E-state index in [-0.39, 0.29) is 17.9 Å². The average molecular weight is 611 g/mol. The number of likely N-dealkylation sites (tertiary alicyclic amines) is 1. The van der Waals surface area contributed by atoms with E-state index in [9.17, 15) is 9.59 Å². The van der Waals surface area contributed by atoms with Crippen molar-refractivity contribution < 1.29 is 19.1 Å². The van der Waals surface area contributed by atoms with Crippen molar-refractivity contribution in [3.63, 3.8) is 0 Å². The van der Waals surface area contributed by atoms with E-state index in [4.69, 9.17) is 9.47 Å². The monoisotopic (exact) mass is 610 g/mol. The summed E-state index contributed by atoms with van der Waals surface area (Å²) in [5, 5.41) is 7.01. The Bertz CT molecular complexity index is 1650. The molecule has 3 aromatic heterocycles. The quantitative estimate of drug-likeness (QED) is 0.231. The Labute approximate surface area is 261 Å². The molecule has 1 aromatic carbocycles. The summed E-state index contributed by atoms with van der Waals surface area (Å²) in [5.74, 6) is 0.526. The summed E-state index contributed by atoms with van der Waals surface area (Å²) in [5.41, 5.74) is 4.71. The number of piperidine rings is 1. The van der Waals surface area contributed by atoms with Crippen molar-refractivity contribution in [1.29, 1.82) is 0 Å². The number of H-pyrrole nitrogens is 1. The second kappa shape index (κ2) is 14.4. The number of fused-ring (bicyclic) bond motifs is 1. The highest BCUT2D eigenvalue weighted by Crippen LogP contribution is 2.29. The van der Waals surface area contributed by atoms with Gasteiger partial charge < -0.3 is 30.0 Å². The van der Waals surface area contributed by atoms with E-state index in [0.717, 1.165) is 72.7 Å². The van der Waals surface area contributed by atoms with Gasteiger partial charge in [-0.05, 0) is 60.8 Å². The summed E-state index contributed by atoms with van der Waals surface area (Å²) in [6.45, 7) is 5.72. The average Bonchev–Trinajstić information content (AvgIpc) is 3.51. The first kappa shape index (κ1) is 30.4. The number of aromatic nitrogens is 4. The van der Waals surface area contributed by atoms with Gasteiger partial charge in [-0.3, -0.25) is 19.5 Å². The summed E-state index contributed by atoms with van der Waals surface area (Å²) >= 11 is 0. The molecule has 12 nitrogen and oxygen atoms in total. The van der Waals surface area contributed by atoms with E-state index in [1.54, 1.807) is 25.7 Å². The van der Waals surface area contributed by atoms with E-state index < -0.39 is 0 Å². The van der Waals surface area contributed by atoms with Crippen LogP contribution in [-0.2, 0) is 20.8 Å². The van der Waals surface area contributed by atoms with Gasteiger partial charge in [0.15, 0.2) is 0 Å². The maximum absolute atomic E-state index is 13.1. The van der Waals surface area contributed by atoms with Gasteiger partial charge in [0.1, 0.15) is 23.5 Å². The van der Waals surface area contributed by atoms with Crippen molar-refractivity contribution in [1.82, 2.24) is 30.2 Å². The minimum absolute atomic E-state index is 0.0788. The van der Waals surface area contributed by atoms with E-state index in [0.29, 0.717) is 37.7 Å². The fourth-order valence-corrected chi connectivity index (χ4v) is 5.81. The number of hydrogen-bond acceptors (Lipinski definition) is 9. The first-order valence-electron chi connectivity index (χ1n) is 15.3. The molecule has 0 spiro atoms. The van der Waals surface area contributed by atoms with Crippen molar-refractivity contribution >= 4 is 34.4 Å². The zero-order valence-electron chi connectivity index (χ0n) is 25.4. The maximum Gasteiger partial charge on any atom is 0.274 e. The molecule has 4 aromatic rings. The molecule has 0 bridgehead atoms. The van der Waals surface area contributed by atoms with Gasteiger partial charge in [0, 0.05) is 63.0 Å². The summed E-state index contributed by atoms with van der Waals surface area (Å²) in [4.78, 5) is 46.5. The molecule has 0 unspecified atom stereocenters. The van der Waals surface area contributed by atoms with E-state index in [2.05, 4.69) is 46.4 Å². The van der Waals surface area contributed by atoms with Gasteiger partial charge in [-0.1, -0.05) is 18.2 Å². The first-order chi connectivity index (χ1) is 22.1. The number of methoxy groups -OCH3 is 1. The number of amides is 2. The third-order valence-electron chi connectivity index (χ3n) is 8.02. The highest BCUT2D eigenvalue weighted by molar-refractivity contribution is 6.03. The molecule has 45 heavy (non-hydrogen) atoms. The molecule has 2 saturated heterocycles.